The highest BCUT2D eigenvalue weighted by Crippen LogP contribution is 2.19. The first-order valence-corrected chi connectivity index (χ1v) is 5.83. The molecule has 0 aliphatic carbocycles. The van der Waals surface area contributed by atoms with Gasteiger partial charge in [0.1, 0.15) is 0 Å². The standard InChI is InChI=1S/C12H25NO3/c1-6-7-13(9-11(14)15)10(2)8-12(3,4)16-5/h10H,6-9H2,1-5H3,(H,14,15). The van der Waals surface area contributed by atoms with E-state index in [0.717, 1.165) is 19.4 Å². The summed E-state index contributed by atoms with van der Waals surface area (Å²) in [7, 11) is 1.69. The van der Waals surface area contributed by atoms with Crippen molar-refractivity contribution < 1.29 is 14.6 Å². The van der Waals surface area contributed by atoms with E-state index in [2.05, 4.69) is 13.8 Å². The summed E-state index contributed by atoms with van der Waals surface area (Å²) in [6.45, 7) is 9.08. The van der Waals surface area contributed by atoms with Crippen LogP contribution in [0.4, 0.5) is 0 Å². The number of carboxylic acids is 1. The van der Waals surface area contributed by atoms with Crippen LogP contribution < -0.4 is 0 Å². The second kappa shape index (κ2) is 6.86. The predicted octanol–water partition coefficient (Wildman–Crippen LogP) is 1.99. The van der Waals surface area contributed by atoms with Crippen LogP contribution in [-0.4, -0.2) is 47.8 Å². The molecule has 0 aromatic carbocycles. The molecule has 16 heavy (non-hydrogen) atoms. The average Bonchev–Trinajstić information content (AvgIpc) is 2.16. The minimum Gasteiger partial charge on any atom is -0.480 e. The Morgan fingerprint density at radius 3 is 2.44 bits per heavy atom. The molecule has 0 spiro atoms. The van der Waals surface area contributed by atoms with Crippen LogP contribution in [0.3, 0.4) is 0 Å². The molecule has 0 saturated heterocycles. The fourth-order valence-electron chi connectivity index (χ4n) is 1.84. The van der Waals surface area contributed by atoms with E-state index < -0.39 is 5.97 Å². The molecule has 0 aliphatic rings. The van der Waals surface area contributed by atoms with Gasteiger partial charge in [-0.25, -0.2) is 0 Å². The van der Waals surface area contributed by atoms with Gasteiger partial charge in [-0.15, -0.1) is 0 Å². The van der Waals surface area contributed by atoms with Crippen molar-refractivity contribution in [3.8, 4) is 0 Å². The minimum atomic E-state index is -0.768. The Hall–Kier alpha value is -0.610. The van der Waals surface area contributed by atoms with Gasteiger partial charge in [0.25, 0.3) is 0 Å². The molecule has 1 unspecified atom stereocenters. The fraction of sp³-hybridized carbons (Fsp3) is 0.917. The lowest BCUT2D eigenvalue weighted by atomic mass is 9.98. The first-order valence-electron chi connectivity index (χ1n) is 5.83. The van der Waals surface area contributed by atoms with Gasteiger partial charge in [-0.3, -0.25) is 9.69 Å². The predicted molar refractivity (Wildman–Crippen MR) is 64.7 cm³/mol. The van der Waals surface area contributed by atoms with Crippen molar-refractivity contribution in [1.82, 2.24) is 4.90 Å². The largest absolute Gasteiger partial charge is 0.480 e. The summed E-state index contributed by atoms with van der Waals surface area (Å²) >= 11 is 0. The van der Waals surface area contributed by atoms with Crippen LogP contribution in [0.25, 0.3) is 0 Å². The number of carbonyl (C=O) groups is 1. The quantitative estimate of drug-likeness (QED) is 0.694. The topological polar surface area (TPSA) is 49.8 Å². The summed E-state index contributed by atoms with van der Waals surface area (Å²) in [5.41, 5.74) is -0.204. The fourth-order valence-corrected chi connectivity index (χ4v) is 1.84. The molecular weight excluding hydrogens is 206 g/mol. The van der Waals surface area contributed by atoms with Gasteiger partial charge < -0.3 is 9.84 Å². The Morgan fingerprint density at radius 1 is 1.50 bits per heavy atom. The van der Waals surface area contributed by atoms with Gasteiger partial charge in [0.15, 0.2) is 0 Å². The molecule has 1 N–H and O–H groups in total. The number of carboxylic acid groups (broad SMARTS) is 1. The van der Waals surface area contributed by atoms with E-state index in [1.807, 2.05) is 18.7 Å². The van der Waals surface area contributed by atoms with E-state index in [-0.39, 0.29) is 18.2 Å². The highest BCUT2D eigenvalue weighted by molar-refractivity contribution is 5.69. The lowest BCUT2D eigenvalue weighted by Gasteiger charge is -2.33. The lowest BCUT2D eigenvalue weighted by molar-refractivity contribution is -0.139. The van der Waals surface area contributed by atoms with Gasteiger partial charge in [-0.05, 0) is 40.2 Å². The van der Waals surface area contributed by atoms with Gasteiger partial charge in [0.2, 0.25) is 0 Å². The van der Waals surface area contributed by atoms with E-state index in [1.54, 1.807) is 7.11 Å². The van der Waals surface area contributed by atoms with Crippen LogP contribution in [0.2, 0.25) is 0 Å². The summed E-state index contributed by atoms with van der Waals surface area (Å²) in [6.07, 6.45) is 1.79. The number of hydrogen-bond donors (Lipinski definition) is 1. The number of ether oxygens (including phenoxy) is 1. The zero-order chi connectivity index (χ0) is 12.8. The molecule has 0 saturated carbocycles. The molecule has 0 aliphatic heterocycles. The van der Waals surface area contributed by atoms with Crippen LogP contribution in [0.15, 0.2) is 0 Å². The van der Waals surface area contributed by atoms with Crippen molar-refractivity contribution >= 4 is 5.97 Å². The van der Waals surface area contributed by atoms with Gasteiger partial charge >= 0.3 is 5.97 Å². The molecule has 1 atom stereocenters. The Balaban J connectivity index is 4.36. The molecule has 4 heteroatoms. The highest BCUT2D eigenvalue weighted by Gasteiger charge is 2.24. The SMILES string of the molecule is CCCN(CC(=O)O)C(C)CC(C)(C)OC. The van der Waals surface area contributed by atoms with Crippen LogP contribution >= 0.6 is 0 Å². The molecule has 0 amide bonds. The summed E-state index contributed by atoms with van der Waals surface area (Å²) in [6, 6.07) is 0.214. The zero-order valence-corrected chi connectivity index (χ0v) is 11.1. The molecule has 96 valence electrons. The maximum Gasteiger partial charge on any atom is 0.317 e. The van der Waals surface area contributed by atoms with E-state index in [0.29, 0.717) is 0 Å². The third kappa shape index (κ3) is 6.08. The average molecular weight is 231 g/mol. The van der Waals surface area contributed by atoms with E-state index in [9.17, 15) is 4.79 Å². The molecule has 4 nitrogen and oxygen atoms in total. The first kappa shape index (κ1) is 15.4. The van der Waals surface area contributed by atoms with E-state index in [4.69, 9.17) is 9.84 Å². The molecule has 0 radical (unpaired) electrons. The molecular formula is C12H25NO3. The normalized spacial score (nSPS) is 14.1. The molecule has 0 aromatic rings. The van der Waals surface area contributed by atoms with Crippen molar-refractivity contribution in [1.29, 1.82) is 0 Å². The molecule has 0 bridgehead atoms. The molecule has 0 aromatic heterocycles. The number of rotatable bonds is 8. The Bertz CT molecular complexity index is 216. The monoisotopic (exact) mass is 231 g/mol. The van der Waals surface area contributed by atoms with Crippen molar-refractivity contribution in [2.24, 2.45) is 0 Å². The van der Waals surface area contributed by atoms with Crippen molar-refractivity contribution in [3.63, 3.8) is 0 Å². The Morgan fingerprint density at radius 2 is 2.06 bits per heavy atom. The number of hydrogen-bond acceptors (Lipinski definition) is 3. The van der Waals surface area contributed by atoms with Crippen LogP contribution in [0, 0.1) is 0 Å². The Kier molecular flexibility index (Phi) is 6.60. The molecule has 0 rings (SSSR count). The van der Waals surface area contributed by atoms with Gasteiger partial charge in [-0.1, -0.05) is 6.92 Å². The van der Waals surface area contributed by atoms with Crippen LogP contribution in [0.1, 0.15) is 40.5 Å². The molecule has 0 heterocycles. The summed E-state index contributed by atoms with van der Waals surface area (Å²) in [5.74, 6) is -0.768. The lowest BCUT2D eigenvalue weighted by Crippen LogP contribution is -2.42. The number of nitrogens with zero attached hydrogens (tertiary/aromatic N) is 1. The highest BCUT2D eigenvalue weighted by atomic mass is 16.5. The maximum absolute atomic E-state index is 10.8. The zero-order valence-electron chi connectivity index (χ0n) is 11.1. The summed E-state index contributed by atoms with van der Waals surface area (Å²) < 4.78 is 5.37. The van der Waals surface area contributed by atoms with E-state index >= 15 is 0 Å². The third-order valence-electron chi connectivity index (χ3n) is 2.81. The van der Waals surface area contributed by atoms with Crippen molar-refractivity contribution in [2.75, 3.05) is 20.2 Å². The van der Waals surface area contributed by atoms with Crippen molar-refractivity contribution in [2.45, 2.75) is 52.2 Å². The number of methoxy groups -OCH3 is 1. The third-order valence-corrected chi connectivity index (χ3v) is 2.81. The molecule has 0 fully saturated rings. The van der Waals surface area contributed by atoms with Gasteiger partial charge in [-0.2, -0.15) is 0 Å². The summed E-state index contributed by atoms with van der Waals surface area (Å²) in [5, 5.41) is 8.84. The second-order valence-electron chi connectivity index (χ2n) is 4.88. The van der Waals surface area contributed by atoms with Crippen molar-refractivity contribution in [3.05, 3.63) is 0 Å². The first-order chi connectivity index (χ1) is 7.32. The van der Waals surface area contributed by atoms with Crippen LogP contribution in [-0.2, 0) is 9.53 Å². The van der Waals surface area contributed by atoms with Gasteiger partial charge in [0.05, 0.1) is 12.1 Å². The summed E-state index contributed by atoms with van der Waals surface area (Å²) in [4.78, 5) is 12.7. The van der Waals surface area contributed by atoms with E-state index in [1.165, 1.54) is 0 Å². The van der Waals surface area contributed by atoms with Gasteiger partial charge in [0, 0.05) is 13.2 Å². The smallest absolute Gasteiger partial charge is 0.317 e. The Labute approximate surface area is 98.6 Å². The maximum atomic E-state index is 10.8. The second-order valence-corrected chi connectivity index (χ2v) is 4.88. The van der Waals surface area contributed by atoms with Crippen LogP contribution in [0.5, 0.6) is 0 Å². The number of aliphatic carboxylic acids is 1. The minimum absolute atomic E-state index is 0.106.